The molecular weight excluding hydrogens is 390 g/mol. The van der Waals surface area contributed by atoms with Crippen molar-refractivity contribution >= 4 is 11.6 Å². The zero-order valence-corrected chi connectivity index (χ0v) is 15.6. The molecule has 0 fully saturated rings. The van der Waals surface area contributed by atoms with E-state index < -0.39 is 28.8 Å². The Hall–Kier alpha value is -3.36. The third-order valence-corrected chi connectivity index (χ3v) is 4.26. The number of nitrogens with one attached hydrogen (secondary N) is 1. The number of hydrogen-bond acceptors (Lipinski definition) is 4. The van der Waals surface area contributed by atoms with Gasteiger partial charge in [-0.15, -0.1) is 0 Å². The van der Waals surface area contributed by atoms with E-state index in [1.807, 2.05) is 0 Å². The first-order valence-corrected chi connectivity index (χ1v) is 8.66. The Morgan fingerprint density at radius 2 is 1.79 bits per heavy atom. The summed E-state index contributed by atoms with van der Waals surface area (Å²) < 4.78 is 61.4. The third kappa shape index (κ3) is 4.39. The molecule has 0 bridgehead atoms. The lowest BCUT2D eigenvalue weighted by molar-refractivity contribution is 0.384. The van der Waals surface area contributed by atoms with Crippen LogP contribution in [0.1, 0.15) is 18.1 Å². The standard InChI is InChI=1S/C20H17F4N3O2/c1-3-14-16(4-5-17(29-2)18(14)24)25-20-26-19(28)15(23)10-27(20)9-11-6-12(21)8-13(22)7-11/h4-8,10H,3,9H2,1-2H3,(H,25,26,28). The Kier molecular flexibility index (Phi) is 5.86. The average molecular weight is 407 g/mol. The summed E-state index contributed by atoms with van der Waals surface area (Å²) in [5.41, 5.74) is -0.372. The fourth-order valence-corrected chi connectivity index (χ4v) is 2.93. The third-order valence-electron chi connectivity index (χ3n) is 4.26. The molecule has 152 valence electrons. The number of aromatic nitrogens is 2. The normalized spacial score (nSPS) is 10.8. The van der Waals surface area contributed by atoms with E-state index >= 15 is 0 Å². The van der Waals surface area contributed by atoms with Crippen molar-refractivity contribution in [2.75, 3.05) is 12.4 Å². The lowest BCUT2D eigenvalue weighted by Gasteiger charge is -2.17. The van der Waals surface area contributed by atoms with Gasteiger partial charge >= 0.3 is 5.56 Å². The van der Waals surface area contributed by atoms with Gasteiger partial charge in [0.25, 0.3) is 0 Å². The van der Waals surface area contributed by atoms with Gasteiger partial charge < -0.3 is 14.6 Å². The van der Waals surface area contributed by atoms with Gasteiger partial charge in [-0.25, -0.2) is 13.2 Å². The van der Waals surface area contributed by atoms with Crippen LogP contribution >= 0.6 is 0 Å². The second kappa shape index (κ2) is 8.34. The molecular formula is C20H17F4N3O2. The van der Waals surface area contributed by atoms with Gasteiger partial charge in [-0.1, -0.05) is 6.92 Å². The quantitative estimate of drug-likeness (QED) is 0.624. The highest BCUT2D eigenvalue weighted by atomic mass is 19.1. The molecule has 29 heavy (non-hydrogen) atoms. The number of halogens is 4. The molecule has 9 heteroatoms. The molecule has 0 spiro atoms. The average Bonchev–Trinajstić information content (AvgIpc) is 2.65. The minimum Gasteiger partial charge on any atom is -0.494 e. The highest BCUT2D eigenvalue weighted by Crippen LogP contribution is 2.29. The Bertz CT molecular complexity index is 1100. The van der Waals surface area contributed by atoms with Crippen molar-refractivity contribution in [3.05, 3.63) is 81.3 Å². The molecule has 0 aliphatic carbocycles. The van der Waals surface area contributed by atoms with Crippen molar-refractivity contribution in [1.82, 2.24) is 9.55 Å². The van der Waals surface area contributed by atoms with Gasteiger partial charge in [0.05, 0.1) is 13.7 Å². The van der Waals surface area contributed by atoms with Crippen LogP contribution < -0.4 is 15.6 Å². The molecule has 2 aromatic carbocycles. The number of ether oxygens (including phenoxy) is 1. The van der Waals surface area contributed by atoms with Crippen LogP contribution in [0.3, 0.4) is 0 Å². The molecule has 0 aliphatic rings. The molecule has 1 N–H and O–H groups in total. The maximum absolute atomic E-state index is 14.5. The second-order valence-electron chi connectivity index (χ2n) is 6.21. The number of rotatable bonds is 6. The monoisotopic (exact) mass is 407 g/mol. The smallest absolute Gasteiger partial charge is 0.310 e. The second-order valence-corrected chi connectivity index (χ2v) is 6.21. The molecule has 0 saturated carbocycles. The molecule has 0 unspecified atom stereocenters. The van der Waals surface area contributed by atoms with Crippen molar-refractivity contribution in [3.63, 3.8) is 0 Å². The van der Waals surface area contributed by atoms with E-state index in [-0.39, 0.29) is 29.4 Å². The van der Waals surface area contributed by atoms with Gasteiger partial charge in [-0.3, -0.25) is 4.79 Å². The number of hydrogen-bond donors (Lipinski definition) is 1. The van der Waals surface area contributed by atoms with Crippen molar-refractivity contribution in [3.8, 4) is 5.75 Å². The minimum absolute atomic E-state index is 0.0482. The number of benzene rings is 2. The van der Waals surface area contributed by atoms with Crippen molar-refractivity contribution in [2.45, 2.75) is 19.9 Å². The van der Waals surface area contributed by atoms with Gasteiger partial charge in [0.1, 0.15) is 11.6 Å². The van der Waals surface area contributed by atoms with Gasteiger partial charge in [-0.2, -0.15) is 9.37 Å². The lowest BCUT2D eigenvalue weighted by atomic mass is 10.1. The van der Waals surface area contributed by atoms with E-state index in [1.165, 1.54) is 23.8 Å². The lowest BCUT2D eigenvalue weighted by Crippen LogP contribution is -2.20. The van der Waals surface area contributed by atoms with Gasteiger partial charge in [-0.05, 0) is 36.2 Å². The maximum Gasteiger partial charge on any atom is 0.310 e. The summed E-state index contributed by atoms with van der Waals surface area (Å²) in [6, 6.07) is 5.79. The zero-order chi connectivity index (χ0) is 21.1. The Morgan fingerprint density at radius 3 is 2.41 bits per heavy atom. The molecule has 0 aliphatic heterocycles. The molecule has 5 nitrogen and oxygen atoms in total. The molecule has 1 aromatic heterocycles. The SMILES string of the molecule is CCc1c(Nc2nc(=O)c(F)cn2Cc2cc(F)cc(F)c2)ccc(OC)c1F. The van der Waals surface area contributed by atoms with Crippen LogP contribution in [0.2, 0.25) is 0 Å². The van der Waals surface area contributed by atoms with Crippen LogP contribution in [0.15, 0.2) is 41.3 Å². The summed E-state index contributed by atoms with van der Waals surface area (Å²) >= 11 is 0. The summed E-state index contributed by atoms with van der Waals surface area (Å²) in [5.74, 6) is -3.37. The summed E-state index contributed by atoms with van der Waals surface area (Å²) in [6.07, 6.45) is 1.16. The van der Waals surface area contributed by atoms with Crippen molar-refractivity contribution in [1.29, 1.82) is 0 Å². The van der Waals surface area contributed by atoms with Crippen LogP contribution in [0.25, 0.3) is 0 Å². The maximum atomic E-state index is 14.5. The molecule has 0 amide bonds. The Morgan fingerprint density at radius 1 is 1.10 bits per heavy atom. The van der Waals surface area contributed by atoms with E-state index in [0.29, 0.717) is 18.2 Å². The summed E-state index contributed by atoms with van der Waals surface area (Å²) in [4.78, 5) is 15.3. The van der Waals surface area contributed by atoms with Crippen LogP contribution in [0.5, 0.6) is 5.75 Å². The Labute approximate surface area is 163 Å². The summed E-state index contributed by atoms with van der Waals surface area (Å²) in [7, 11) is 1.34. The zero-order valence-electron chi connectivity index (χ0n) is 15.6. The van der Waals surface area contributed by atoms with Crippen LogP contribution in [-0.4, -0.2) is 16.7 Å². The number of methoxy groups -OCH3 is 1. The largest absolute Gasteiger partial charge is 0.494 e. The van der Waals surface area contributed by atoms with Gasteiger partial charge in [0.2, 0.25) is 11.8 Å². The van der Waals surface area contributed by atoms with E-state index in [2.05, 4.69) is 10.3 Å². The Balaban J connectivity index is 2.05. The van der Waals surface area contributed by atoms with Gasteiger partial charge in [0, 0.05) is 23.5 Å². The molecule has 0 atom stereocenters. The topological polar surface area (TPSA) is 56.2 Å². The molecule has 3 aromatic rings. The van der Waals surface area contributed by atoms with Crippen molar-refractivity contribution < 1.29 is 22.3 Å². The van der Waals surface area contributed by atoms with E-state index in [4.69, 9.17) is 4.74 Å². The first-order chi connectivity index (χ1) is 13.8. The number of nitrogens with zero attached hydrogens (tertiary/aromatic N) is 2. The van der Waals surface area contributed by atoms with E-state index in [9.17, 15) is 22.4 Å². The predicted molar refractivity (Wildman–Crippen MR) is 99.5 cm³/mol. The fourth-order valence-electron chi connectivity index (χ4n) is 2.93. The van der Waals surface area contributed by atoms with E-state index in [0.717, 1.165) is 18.3 Å². The molecule has 0 radical (unpaired) electrons. The summed E-state index contributed by atoms with van der Waals surface area (Å²) in [5, 5.41) is 2.80. The van der Waals surface area contributed by atoms with Crippen LogP contribution in [0.4, 0.5) is 29.2 Å². The highest BCUT2D eigenvalue weighted by molar-refractivity contribution is 5.61. The van der Waals surface area contributed by atoms with Gasteiger partial charge in [0.15, 0.2) is 11.6 Å². The van der Waals surface area contributed by atoms with Crippen LogP contribution in [-0.2, 0) is 13.0 Å². The highest BCUT2D eigenvalue weighted by Gasteiger charge is 2.16. The van der Waals surface area contributed by atoms with Crippen LogP contribution in [0, 0.1) is 23.3 Å². The minimum atomic E-state index is -1.14. The fraction of sp³-hybridized carbons (Fsp3) is 0.200. The molecule has 1 heterocycles. The van der Waals surface area contributed by atoms with Crippen molar-refractivity contribution in [2.24, 2.45) is 0 Å². The first-order valence-electron chi connectivity index (χ1n) is 8.66. The molecule has 0 saturated heterocycles. The summed E-state index contributed by atoms with van der Waals surface area (Å²) in [6.45, 7) is 1.55. The predicted octanol–water partition coefficient (Wildman–Crippen LogP) is 4.16. The molecule has 3 rings (SSSR count). The van der Waals surface area contributed by atoms with E-state index in [1.54, 1.807) is 6.92 Å². The first kappa shape index (κ1) is 20.4. The number of anilines is 2.